The van der Waals surface area contributed by atoms with Gasteiger partial charge in [0.05, 0.1) is 5.69 Å². The molecule has 5 heteroatoms. The van der Waals surface area contributed by atoms with E-state index >= 15 is 0 Å². The first-order valence-corrected chi connectivity index (χ1v) is 5.63. The maximum absolute atomic E-state index is 12.6. The second-order valence-corrected chi connectivity index (χ2v) is 4.05. The highest BCUT2D eigenvalue weighted by molar-refractivity contribution is 5.64. The van der Waals surface area contributed by atoms with Crippen LogP contribution in [0.3, 0.4) is 0 Å². The quantitative estimate of drug-likeness (QED) is 0.799. The zero-order valence-corrected chi connectivity index (χ0v) is 10.1. The minimum Gasteiger partial charge on any atom is -0.267 e. The zero-order chi connectivity index (χ0) is 13.3. The van der Waals surface area contributed by atoms with Crippen molar-refractivity contribution in [2.24, 2.45) is 7.05 Å². The van der Waals surface area contributed by atoms with Crippen LogP contribution in [0.4, 0.5) is 13.2 Å². The van der Waals surface area contributed by atoms with Crippen LogP contribution in [0.25, 0.3) is 11.3 Å². The average Bonchev–Trinajstić information content (AvgIpc) is 2.71. The Morgan fingerprint density at radius 1 is 1.22 bits per heavy atom. The van der Waals surface area contributed by atoms with Gasteiger partial charge in [0.1, 0.15) is 0 Å². The van der Waals surface area contributed by atoms with Crippen LogP contribution in [0.1, 0.15) is 18.2 Å². The summed E-state index contributed by atoms with van der Waals surface area (Å²) in [6.07, 6.45) is -3.64. The summed E-state index contributed by atoms with van der Waals surface area (Å²) in [6.45, 7) is 1.97. The molecule has 0 saturated carbocycles. The first kappa shape index (κ1) is 12.7. The summed E-state index contributed by atoms with van der Waals surface area (Å²) in [5.41, 5.74) is 1.44. The van der Waals surface area contributed by atoms with Crippen LogP contribution in [0.15, 0.2) is 30.3 Å². The molecule has 96 valence electrons. The third kappa shape index (κ3) is 2.25. The van der Waals surface area contributed by atoms with Gasteiger partial charge in [0, 0.05) is 12.6 Å². The largest absolute Gasteiger partial charge is 0.435 e. The third-order valence-corrected chi connectivity index (χ3v) is 2.84. The van der Waals surface area contributed by atoms with E-state index in [1.165, 1.54) is 11.7 Å². The Bertz CT molecular complexity index is 556. The lowest BCUT2D eigenvalue weighted by molar-refractivity contribution is -0.141. The molecule has 0 bridgehead atoms. The molecule has 0 aliphatic carbocycles. The van der Waals surface area contributed by atoms with Gasteiger partial charge in [-0.05, 0) is 18.1 Å². The van der Waals surface area contributed by atoms with Crippen molar-refractivity contribution >= 4 is 0 Å². The maximum atomic E-state index is 12.6. The molecule has 18 heavy (non-hydrogen) atoms. The van der Waals surface area contributed by atoms with E-state index in [0.717, 1.165) is 23.6 Å². The first-order valence-electron chi connectivity index (χ1n) is 5.63. The highest BCUT2D eigenvalue weighted by atomic mass is 19.4. The van der Waals surface area contributed by atoms with Gasteiger partial charge in [-0.3, -0.25) is 4.68 Å². The molecule has 0 radical (unpaired) electrons. The fraction of sp³-hybridized carbons (Fsp3) is 0.308. The fourth-order valence-electron chi connectivity index (χ4n) is 1.94. The lowest BCUT2D eigenvalue weighted by atomic mass is 10.0. The van der Waals surface area contributed by atoms with Crippen molar-refractivity contribution in [3.8, 4) is 11.3 Å². The maximum Gasteiger partial charge on any atom is 0.435 e. The summed E-state index contributed by atoms with van der Waals surface area (Å²) < 4.78 is 39.1. The second kappa shape index (κ2) is 4.48. The Morgan fingerprint density at radius 3 is 2.44 bits per heavy atom. The Morgan fingerprint density at radius 2 is 1.89 bits per heavy atom. The normalized spacial score (nSPS) is 11.8. The third-order valence-electron chi connectivity index (χ3n) is 2.84. The smallest absolute Gasteiger partial charge is 0.267 e. The number of aromatic nitrogens is 2. The van der Waals surface area contributed by atoms with E-state index < -0.39 is 11.9 Å². The van der Waals surface area contributed by atoms with E-state index in [1.54, 1.807) is 0 Å². The SMILES string of the molecule is CCc1ccccc1-c1cc(C(F)(F)F)nn1C. The number of rotatable bonds is 2. The minimum atomic E-state index is -4.41. The first-order chi connectivity index (χ1) is 8.43. The van der Waals surface area contributed by atoms with Crippen LogP contribution >= 0.6 is 0 Å². The highest BCUT2D eigenvalue weighted by Crippen LogP contribution is 2.32. The molecular formula is C13H13F3N2. The molecule has 2 aromatic rings. The van der Waals surface area contributed by atoms with Gasteiger partial charge in [-0.1, -0.05) is 31.2 Å². The topological polar surface area (TPSA) is 17.8 Å². The van der Waals surface area contributed by atoms with Gasteiger partial charge >= 0.3 is 6.18 Å². The minimum absolute atomic E-state index is 0.486. The fourth-order valence-corrected chi connectivity index (χ4v) is 1.94. The molecule has 2 nitrogen and oxygen atoms in total. The molecule has 0 saturated heterocycles. The summed E-state index contributed by atoms with van der Waals surface area (Å²) in [6, 6.07) is 8.51. The van der Waals surface area contributed by atoms with Crippen LogP contribution in [-0.4, -0.2) is 9.78 Å². The number of nitrogens with zero attached hydrogens (tertiary/aromatic N) is 2. The number of aryl methyl sites for hydroxylation is 2. The Balaban J connectivity index is 2.55. The van der Waals surface area contributed by atoms with Gasteiger partial charge in [-0.15, -0.1) is 0 Å². The van der Waals surface area contributed by atoms with Crippen LogP contribution < -0.4 is 0 Å². The van der Waals surface area contributed by atoms with Crippen LogP contribution in [0.2, 0.25) is 0 Å². The van der Waals surface area contributed by atoms with Crippen molar-refractivity contribution in [1.82, 2.24) is 9.78 Å². The zero-order valence-electron chi connectivity index (χ0n) is 10.1. The molecule has 0 fully saturated rings. The number of benzene rings is 1. The predicted molar refractivity (Wildman–Crippen MR) is 63.0 cm³/mol. The van der Waals surface area contributed by atoms with Crippen molar-refractivity contribution in [1.29, 1.82) is 0 Å². The molecule has 0 aliphatic rings. The predicted octanol–water partition coefficient (Wildman–Crippen LogP) is 3.67. The standard InChI is InChI=1S/C13H13F3N2/c1-3-9-6-4-5-7-10(9)11-8-12(13(14,15)16)17-18(11)2/h4-8H,3H2,1-2H3. The Hall–Kier alpha value is -1.78. The molecule has 0 unspecified atom stereocenters. The van der Waals surface area contributed by atoms with Crippen molar-refractivity contribution in [2.45, 2.75) is 19.5 Å². The van der Waals surface area contributed by atoms with E-state index in [-0.39, 0.29) is 0 Å². The van der Waals surface area contributed by atoms with Crippen LogP contribution in [-0.2, 0) is 19.6 Å². The second-order valence-electron chi connectivity index (χ2n) is 4.05. The Labute approximate surface area is 103 Å². The summed E-state index contributed by atoms with van der Waals surface area (Å²) in [4.78, 5) is 0. The van der Waals surface area contributed by atoms with Crippen LogP contribution in [0.5, 0.6) is 0 Å². The lowest BCUT2D eigenvalue weighted by Gasteiger charge is -2.07. The molecule has 0 amide bonds. The van der Waals surface area contributed by atoms with Crippen molar-refractivity contribution in [3.63, 3.8) is 0 Å². The molecule has 0 aliphatic heterocycles. The highest BCUT2D eigenvalue weighted by Gasteiger charge is 2.34. The van der Waals surface area contributed by atoms with Crippen LogP contribution in [0, 0.1) is 0 Å². The van der Waals surface area contributed by atoms with E-state index in [4.69, 9.17) is 0 Å². The molecule has 1 heterocycles. The van der Waals surface area contributed by atoms with Crippen molar-refractivity contribution in [3.05, 3.63) is 41.6 Å². The summed E-state index contributed by atoms with van der Waals surface area (Å²) in [5.74, 6) is 0. The van der Waals surface area contributed by atoms with E-state index in [1.807, 2.05) is 31.2 Å². The molecule has 1 aromatic carbocycles. The molecule has 1 aromatic heterocycles. The summed E-state index contributed by atoms with van der Waals surface area (Å²) in [7, 11) is 1.52. The molecule has 2 rings (SSSR count). The molecule has 0 spiro atoms. The van der Waals surface area contributed by atoms with Gasteiger partial charge in [-0.25, -0.2) is 0 Å². The summed E-state index contributed by atoms with van der Waals surface area (Å²) >= 11 is 0. The number of hydrogen-bond donors (Lipinski definition) is 0. The van der Waals surface area contributed by atoms with Crippen molar-refractivity contribution < 1.29 is 13.2 Å². The van der Waals surface area contributed by atoms with Gasteiger partial charge in [-0.2, -0.15) is 18.3 Å². The average molecular weight is 254 g/mol. The Kier molecular flexibility index (Phi) is 3.15. The number of hydrogen-bond acceptors (Lipinski definition) is 1. The molecule has 0 N–H and O–H groups in total. The van der Waals surface area contributed by atoms with E-state index in [0.29, 0.717) is 5.69 Å². The van der Waals surface area contributed by atoms with Gasteiger partial charge in [0.2, 0.25) is 0 Å². The van der Waals surface area contributed by atoms with E-state index in [2.05, 4.69) is 5.10 Å². The summed E-state index contributed by atoms with van der Waals surface area (Å²) in [5, 5.41) is 3.53. The van der Waals surface area contributed by atoms with E-state index in [9.17, 15) is 13.2 Å². The molecular weight excluding hydrogens is 241 g/mol. The van der Waals surface area contributed by atoms with Crippen molar-refractivity contribution in [2.75, 3.05) is 0 Å². The monoisotopic (exact) mass is 254 g/mol. The lowest BCUT2D eigenvalue weighted by Crippen LogP contribution is -2.06. The number of alkyl halides is 3. The number of halogens is 3. The molecule has 0 atom stereocenters. The van der Waals surface area contributed by atoms with Gasteiger partial charge in [0.25, 0.3) is 0 Å². The van der Waals surface area contributed by atoms with Gasteiger partial charge in [0.15, 0.2) is 5.69 Å². The van der Waals surface area contributed by atoms with Gasteiger partial charge < -0.3 is 0 Å².